The number of carbonyl (C=O) groups excluding carboxylic acids is 1. The molecule has 2 fully saturated rings. The maximum absolute atomic E-state index is 12.8. The molecule has 2 aliphatic rings. The SMILES string of the molecule is C[C@@H](C(=O)N1CCN(S(=O)(=O)N2CCN(C)CC2)CC1)n1cccc1. The Hall–Kier alpha value is -1.42. The quantitative estimate of drug-likeness (QED) is 0.730. The van der Waals surface area contributed by atoms with Gasteiger partial charge in [-0.3, -0.25) is 4.79 Å². The van der Waals surface area contributed by atoms with Crippen molar-refractivity contribution in [2.24, 2.45) is 0 Å². The number of rotatable bonds is 4. The highest BCUT2D eigenvalue weighted by Gasteiger charge is 2.35. The molecule has 1 amide bonds. The minimum atomic E-state index is -3.42. The zero-order valence-electron chi connectivity index (χ0n) is 14.9. The molecule has 8 nitrogen and oxygen atoms in total. The van der Waals surface area contributed by atoms with E-state index >= 15 is 0 Å². The molecule has 0 bridgehead atoms. The predicted octanol–water partition coefficient (Wildman–Crippen LogP) is -0.314. The largest absolute Gasteiger partial charge is 0.342 e. The van der Waals surface area contributed by atoms with Crippen LogP contribution >= 0.6 is 0 Å². The molecule has 0 unspecified atom stereocenters. The number of carbonyl (C=O) groups is 1. The summed E-state index contributed by atoms with van der Waals surface area (Å²) in [5.41, 5.74) is 0. The summed E-state index contributed by atoms with van der Waals surface area (Å²) in [6, 6.07) is 3.52. The second-order valence-electron chi connectivity index (χ2n) is 6.74. The van der Waals surface area contributed by atoms with Crippen molar-refractivity contribution in [1.29, 1.82) is 0 Å². The standard InChI is InChI=1S/C16H27N5O3S/c1-15(18-5-3-4-6-18)16(22)19-9-13-21(14-10-19)25(23,24)20-11-7-17(2)8-12-20/h3-6,15H,7-14H2,1-2H3/t15-/m0/s1. The van der Waals surface area contributed by atoms with Gasteiger partial charge in [0.2, 0.25) is 5.91 Å². The molecule has 3 rings (SSSR count). The van der Waals surface area contributed by atoms with E-state index in [0.717, 1.165) is 13.1 Å². The van der Waals surface area contributed by atoms with Crippen molar-refractivity contribution in [3.05, 3.63) is 24.5 Å². The molecule has 0 N–H and O–H groups in total. The van der Waals surface area contributed by atoms with Crippen molar-refractivity contribution < 1.29 is 13.2 Å². The zero-order valence-corrected chi connectivity index (χ0v) is 15.7. The first-order valence-corrected chi connectivity index (χ1v) is 10.1. The molecule has 1 atom stereocenters. The Morgan fingerprint density at radius 2 is 1.36 bits per heavy atom. The summed E-state index contributed by atoms with van der Waals surface area (Å²) in [6.45, 7) is 6.05. The fourth-order valence-corrected chi connectivity index (χ4v) is 4.90. The highest BCUT2D eigenvalue weighted by atomic mass is 32.2. The van der Waals surface area contributed by atoms with E-state index in [2.05, 4.69) is 4.90 Å². The first kappa shape index (κ1) is 18.4. The van der Waals surface area contributed by atoms with Crippen molar-refractivity contribution in [2.75, 3.05) is 59.4 Å². The van der Waals surface area contributed by atoms with Crippen LogP contribution in [0.2, 0.25) is 0 Å². The van der Waals surface area contributed by atoms with E-state index in [4.69, 9.17) is 0 Å². The number of hydrogen-bond donors (Lipinski definition) is 0. The molecule has 0 radical (unpaired) electrons. The summed E-state index contributed by atoms with van der Waals surface area (Å²) in [7, 11) is -1.42. The number of likely N-dealkylation sites (N-methyl/N-ethyl adjacent to an activating group) is 1. The van der Waals surface area contributed by atoms with Crippen LogP contribution in [-0.2, 0) is 15.0 Å². The summed E-state index contributed by atoms with van der Waals surface area (Å²) in [6.07, 6.45) is 3.74. The van der Waals surface area contributed by atoms with Gasteiger partial charge in [-0.15, -0.1) is 0 Å². The minimum absolute atomic E-state index is 0.0350. The van der Waals surface area contributed by atoms with E-state index in [1.807, 2.05) is 43.1 Å². The summed E-state index contributed by atoms with van der Waals surface area (Å²) < 4.78 is 30.5. The lowest BCUT2D eigenvalue weighted by Crippen LogP contribution is -2.57. The molecular weight excluding hydrogens is 342 g/mol. The average Bonchev–Trinajstić information content (AvgIpc) is 3.15. The van der Waals surface area contributed by atoms with Gasteiger partial charge in [-0.1, -0.05) is 0 Å². The molecular formula is C16H27N5O3S. The van der Waals surface area contributed by atoms with Gasteiger partial charge in [0, 0.05) is 64.8 Å². The van der Waals surface area contributed by atoms with Crippen LogP contribution in [0.1, 0.15) is 13.0 Å². The smallest absolute Gasteiger partial charge is 0.282 e. The molecule has 0 spiro atoms. The van der Waals surface area contributed by atoms with Gasteiger partial charge in [0.25, 0.3) is 10.2 Å². The Morgan fingerprint density at radius 3 is 1.88 bits per heavy atom. The van der Waals surface area contributed by atoms with E-state index in [-0.39, 0.29) is 11.9 Å². The summed E-state index contributed by atoms with van der Waals surface area (Å²) in [4.78, 5) is 16.5. The summed E-state index contributed by atoms with van der Waals surface area (Å²) >= 11 is 0. The number of amides is 1. The minimum Gasteiger partial charge on any atom is -0.342 e. The van der Waals surface area contributed by atoms with Crippen LogP contribution in [0.25, 0.3) is 0 Å². The Bertz CT molecular complexity index is 675. The van der Waals surface area contributed by atoms with E-state index in [9.17, 15) is 13.2 Å². The first-order chi connectivity index (χ1) is 11.9. The van der Waals surface area contributed by atoms with Gasteiger partial charge >= 0.3 is 0 Å². The van der Waals surface area contributed by atoms with Crippen LogP contribution in [0, 0.1) is 0 Å². The zero-order chi connectivity index (χ0) is 18.0. The maximum atomic E-state index is 12.8. The third-order valence-electron chi connectivity index (χ3n) is 5.10. The fourth-order valence-electron chi connectivity index (χ4n) is 3.32. The number of aromatic nitrogens is 1. The van der Waals surface area contributed by atoms with Gasteiger partial charge < -0.3 is 14.4 Å². The molecule has 2 aliphatic heterocycles. The first-order valence-electron chi connectivity index (χ1n) is 8.74. The van der Waals surface area contributed by atoms with Gasteiger partial charge in [0.15, 0.2) is 0 Å². The lowest BCUT2D eigenvalue weighted by Gasteiger charge is -2.39. The number of piperazine rings is 2. The lowest BCUT2D eigenvalue weighted by molar-refractivity contribution is -0.135. The molecule has 1 aromatic heterocycles. The van der Waals surface area contributed by atoms with Gasteiger partial charge in [0.05, 0.1) is 0 Å². The molecule has 0 aliphatic carbocycles. The maximum Gasteiger partial charge on any atom is 0.282 e. The third kappa shape index (κ3) is 3.89. The third-order valence-corrected chi connectivity index (χ3v) is 7.13. The summed E-state index contributed by atoms with van der Waals surface area (Å²) in [5, 5.41) is 0. The second-order valence-corrected chi connectivity index (χ2v) is 8.67. The van der Waals surface area contributed by atoms with Crippen LogP contribution in [0.15, 0.2) is 24.5 Å². The van der Waals surface area contributed by atoms with Gasteiger partial charge in [0.1, 0.15) is 6.04 Å². The molecule has 0 saturated carbocycles. The van der Waals surface area contributed by atoms with Crippen molar-refractivity contribution >= 4 is 16.1 Å². The van der Waals surface area contributed by atoms with Crippen LogP contribution in [-0.4, -0.2) is 96.7 Å². The van der Waals surface area contributed by atoms with E-state index in [1.165, 1.54) is 4.31 Å². The summed E-state index contributed by atoms with van der Waals surface area (Å²) in [5.74, 6) is 0.0350. The van der Waals surface area contributed by atoms with Gasteiger partial charge in [-0.05, 0) is 26.1 Å². The van der Waals surface area contributed by atoms with Crippen molar-refractivity contribution in [3.8, 4) is 0 Å². The highest BCUT2D eigenvalue weighted by Crippen LogP contribution is 2.17. The molecule has 3 heterocycles. The molecule has 0 aromatic carbocycles. The monoisotopic (exact) mass is 369 g/mol. The van der Waals surface area contributed by atoms with Crippen molar-refractivity contribution in [3.63, 3.8) is 0 Å². The average molecular weight is 369 g/mol. The Labute approximate surface area is 149 Å². The van der Waals surface area contributed by atoms with Crippen LogP contribution < -0.4 is 0 Å². The topological polar surface area (TPSA) is 69.1 Å². The van der Waals surface area contributed by atoms with E-state index in [1.54, 1.807) is 9.21 Å². The van der Waals surface area contributed by atoms with Crippen LogP contribution in [0.3, 0.4) is 0 Å². The normalized spacial score (nSPS) is 22.9. The second kappa shape index (κ2) is 7.45. The number of nitrogens with zero attached hydrogens (tertiary/aromatic N) is 5. The van der Waals surface area contributed by atoms with Crippen molar-refractivity contribution in [2.45, 2.75) is 13.0 Å². The molecule has 1 aromatic rings. The Morgan fingerprint density at radius 1 is 0.880 bits per heavy atom. The number of hydrogen-bond acceptors (Lipinski definition) is 4. The van der Waals surface area contributed by atoms with Gasteiger partial charge in [-0.25, -0.2) is 0 Å². The molecule has 25 heavy (non-hydrogen) atoms. The Balaban J connectivity index is 1.57. The predicted molar refractivity (Wildman–Crippen MR) is 95.3 cm³/mol. The van der Waals surface area contributed by atoms with E-state index < -0.39 is 10.2 Å². The van der Waals surface area contributed by atoms with E-state index in [0.29, 0.717) is 39.3 Å². The van der Waals surface area contributed by atoms with Crippen LogP contribution in [0.5, 0.6) is 0 Å². The molecule has 9 heteroatoms. The molecule has 2 saturated heterocycles. The van der Waals surface area contributed by atoms with Gasteiger partial charge in [-0.2, -0.15) is 17.0 Å². The highest BCUT2D eigenvalue weighted by molar-refractivity contribution is 7.86. The Kier molecular flexibility index (Phi) is 5.47. The molecule has 140 valence electrons. The lowest BCUT2D eigenvalue weighted by atomic mass is 10.2. The van der Waals surface area contributed by atoms with Crippen molar-refractivity contribution in [1.82, 2.24) is 23.0 Å². The fraction of sp³-hybridized carbons (Fsp3) is 0.688. The van der Waals surface area contributed by atoms with Crippen LogP contribution in [0.4, 0.5) is 0 Å².